The maximum absolute atomic E-state index is 10.7. The maximum Gasteiger partial charge on any atom is 0.294 e. The Morgan fingerprint density at radius 1 is 1.50 bits per heavy atom. The zero-order chi connectivity index (χ0) is 16.5. The molecule has 0 amide bonds. The molecule has 3 N–H and O–H groups in total. The molecule has 5 atom stereocenters. The molecular weight excluding hydrogens is 296 g/mol. The van der Waals surface area contributed by atoms with Crippen molar-refractivity contribution in [1.82, 2.24) is 5.32 Å². The Balaban J connectivity index is 1.91. The molecule has 0 aromatic heterocycles. The zero-order valence-electron chi connectivity index (χ0n) is 13.0. The molecule has 2 rings (SSSR count). The molecule has 0 spiro atoms. The first kappa shape index (κ1) is 17.4. The van der Waals surface area contributed by atoms with E-state index in [1.54, 1.807) is 0 Å². The molecule has 2 aliphatic rings. The van der Waals surface area contributed by atoms with Gasteiger partial charge in [0, 0.05) is 18.5 Å². The van der Waals surface area contributed by atoms with E-state index in [0.717, 1.165) is 0 Å². The van der Waals surface area contributed by atoms with Crippen LogP contribution in [0.25, 0.3) is 0 Å². The van der Waals surface area contributed by atoms with Crippen LogP contribution in [0.1, 0.15) is 27.2 Å². The molecule has 0 aliphatic carbocycles. The van der Waals surface area contributed by atoms with E-state index < -0.39 is 35.1 Å². The summed E-state index contributed by atoms with van der Waals surface area (Å²) in [5.41, 5.74) is -1.52. The van der Waals surface area contributed by atoms with Crippen LogP contribution in [0, 0.1) is 10.1 Å². The Hall–Kier alpha value is -1.00. The normalized spacial score (nSPS) is 36.1. The van der Waals surface area contributed by atoms with Crippen molar-refractivity contribution in [2.45, 2.75) is 62.7 Å². The van der Waals surface area contributed by atoms with Gasteiger partial charge in [0.2, 0.25) is 0 Å². The van der Waals surface area contributed by atoms with Crippen molar-refractivity contribution in [2.75, 3.05) is 19.8 Å². The van der Waals surface area contributed by atoms with E-state index in [1.165, 1.54) is 0 Å². The molecule has 2 fully saturated rings. The molecule has 1 unspecified atom stereocenters. The van der Waals surface area contributed by atoms with Crippen molar-refractivity contribution in [1.29, 1.82) is 0 Å². The van der Waals surface area contributed by atoms with Crippen LogP contribution in [-0.2, 0) is 14.3 Å². The third kappa shape index (κ3) is 4.05. The minimum atomic E-state index is -1.38. The molecule has 0 aromatic carbocycles. The summed E-state index contributed by atoms with van der Waals surface area (Å²) in [6, 6.07) is 0. The molecule has 2 heterocycles. The summed E-state index contributed by atoms with van der Waals surface area (Å²) in [7, 11) is 0. The lowest BCUT2D eigenvalue weighted by molar-refractivity contribution is -0.769. The number of hydrogen-bond donors (Lipinski definition) is 3. The van der Waals surface area contributed by atoms with E-state index in [2.05, 4.69) is 10.2 Å². The highest BCUT2D eigenvalue weighted by Gasteiger charge is 2.57. The highest BCUT2D eigenvalue weighted by molar-refractivity contribution is 5.05. The Labute approximate surface area is 128 Å². The van der Waals surface area contributed by atoms with Crippen LogP contribution < -0.4 is 5.32 Å². The van der Waals surface area contributed by atoms with E-state index in [4.69, 9.17) is 9.47 Å². The summed E-state index contributed by atoms with van der Waals surface area (Å²) in [6.07, 6.45) is -3.01. The number of β-amino-alcohol motifs (C(OH)–C–C–N with tert-alkyl or cyclic N) is 1. The van der Waals surface area contributed by atoms with Gasteiger partial charge >= 0.3 is 0 Å². The Bertz CT molecular complexity index is 414. The highest BCUT2D eigenvalue weighted by atomic mass is 17.0. The second-order valence-corrected chi connectivity index (χ2v) is 6.99. The minimum absolute atomic E-state index is 0.0189. The van der Waals surface area contributed by atoms with Gasteiger partial charge in [-0.25, -0.2) is 0 Å². The molecule has 2 aliphatic heterocycles. The Morgan fingerprint density at radius 2 is 2.18 bits per heavy atom. The number of rotatable bonds is 6. The van der Waals surface area contributed by atoms with Gasteiger partial charge in [-0.1, -0.05) is 0 Å². The quantitative estimate of drug-likeness (QED) is 0.431. The third-order valence-electron chi connectivity index (χ3n) is 3.84. The molecular formula is C13H24N2O7. The van der Waals surface area contributed by atoms with Gasteiger partial charge in [-0.15, -0.1) is 10.1 Å². The smallest absolute Gasteiger partial charge is 0.294 e. The molecule has 2 saturated heterocycles. The van der Waals surface area contributed by atoms with E-state index in [9.17, 15) is 20.3 Å². The predicted molar refractivity (Wildman–Crippen MR) is 74.7 cm³/mol. The zero-order valence-corrected chi connectivity index (χ0v) is 13.0. The number of fused-ring (bicyclic) bond motifs is 1. The van der Waals surface area contributed by atoms with Gasteiger partial charge < -0.3 is 29.8 Å². The molecule has 128 valence electrons. The second kappa shape index (κ2) is 6.25. The largest absolute Gasteiger partial charge is 0.392 e. The summed E-state index contributed by atoms with van der Waals surface area (Å²) < 4.78 is 10.8. The molecule has 9 nitrogen and oxygen atoms in total. The molecule has 0 saturated carbocycles. The first-order valence-corrected chi connectivity index (χ1v) is 7.30. The maximum atomic E-state index is 10.7. The van der Waals surface area contributed by atoms with E-state index >= 15 is 0 Å². The average Bonchev–Trinajstić information content (AvgIpc) is 2.89. The average molecular weight is 320 g/mol. The summed E-state index contributed by atoms with van der Waals surface area (Å²) >= 11 is 0. The third-order valence-corrected chi connectivity index (χ3v) is 3.84. The lowest BCUT2D eigenvalue weighted by Gasteiger charge is -2.30. The number of hydrogen-bond acceptors (Lipinski definition) is 8. The van der Waals surface area contributed by atoms with Crippen LogP contribution in [0.15, 0.2) is 0 Å². The fraction of sp³-hybridized carbons (Fsp3) is 1.00. The van der Waals surface area contributed by atoms with E-state index in [1.807, 2.05) is 20.8 Å². The van der Waals surface area contributed by atoms with Gasteiger partial charge in [0.1, 0.15) is 17.8 Å². The summed E-state index contributed by atoms with van der Waals surface area (Å²) in [6.45, 7) is 6.17. The van der Waals surface area contributed by atoms with Gasteiger partial charge in [0.05, 0.1) is 19.3 Å². The lowest BCUT2D eigenvalue weighted by Crippen LogP contribution is -2.49. The van der Waals surface area contributed by atoms with Gasteiger partial charge in [-0.05, 0) is 20.8 Å². The number of aliphatic hydroxyl groups is 2. The van der Waals surface area contributed by atoms with Crippen molar-refractivity contribution in [3.63, 3.8) is 0 Å². The van der Waals surface area contributed by atoms with Crippen LogP contribution in [0.3, 0.4) is 0 Å². The lowest BCUT2D eigenvalue weighted by atomic mass is 9.89. The van der Waals surface area contributed by atoms with Gasteiger partial charge in [-0.2, -0.15) is 0 Å². The summed E-state index contributed by atoms with van der Waals surface area (Å²) in [5.74, 6) is 0. The van der Waals surface area contributed by atoms with E-state index in [-0.39, 0.29) is 25.2 Å². The predicted octanol–water partition coefficient (Wildman–Crippen LogP) is -0.769. The molecule has 9 heteroatoms. The molecule has 22 heavy (non-hydrogen) atoms. The molecule has 0 radical (unpaired) electrons. The van der Waals surface area contributed by atoms with Crippen molar-refractivity contribution < 1.29 is 29.6 Å². The van der Waals surface area contributed by atoms with Crippen LogP contribution >= 0.6 is 0 Å². The first-order valence-electron chi connectivity index (χ1n) is 7.30. The topological polar surface area (TPSA) is 123 Å². The Morgan fingerprint density at radius 3 is 2.77 bits per heavy atom. The second-order valence-electron chi connectivity index (χ2n) is 6.99. The van der Waals surface area contributed by atoms with Crippen LogP contribution in [0.4, 0.5) is 0 Å². The molecule has 0 bridgehead atoms. The highest BCUT2D eigenvalue weighted by Crippen LogP contribution is 2.38. The molecule has 0 aromatic rings. The van der Waals surface area contributed by atoms with Gasteiger partial charge in [0.15, 0.2) is 6.10 Å². The first-order chi connectivity index (χ1) is 10.1. The summed E-state index contributed by atoms with van der Waals surface area (Å²) in [5, 5.41) is 33.4. The number of nitrogens with one attached hydrogen (secondary N) is 1. The van der Waals surface area contributed by atoms with E-state index in [0.29, 0.717) is 6.54 Å². The standard InChI is InChI=1S/C13H24N2O7/c1-12(2,3)14-5-8(16)4-13(17)7-21-10-9(22-15(18)19)6-20-11(10)13/h8-11,14,16-17H,4-7H2,1-3H3/t8?,9-,10+,11-,13+/m0/s1. The van der Waals surface area contributed by atoms with Crippen LogP contribution in [0.5, 0.6) is 0 Å². The minimum Gasteiger partial charge on any atom is -0.392 e. The monoisotopic (exact) mass is 320 g/mol. The van der Waals surface area contributed by atoms with Crippen LogP contribution in [0.2, 0.25) is 0 Å². The van der Waals surface area contributed by atoms with Crippen molar-refractivity contribution in [2.24, 2.45) is 0 Å². The SMILES string of the molecule is CC(C)(C)NCC(O)C[C@@]1(O)CO[C@@H]2[C@@H](O[N+](=O)[O-])CO[C@@H]21. The van der Waals surface area contributed by atoms with Gasteiger partial charge in [-0.3, -0.25) is 0 Å². The number of aliphatic hydroxyl groups excluding tert-OH is 1. The van der Waals surface area contributed by atoms with Crippen molar-refractivity contribution in [3.8, 4) is 0 Å². The van der Waals surface area contributed by atoms with Crippen molar-refractivity contribution >= 4 is 0 Å². The van der Waals surface area contributed by atoms with Crippen LogP contribution in [-0.4, -0.2) is 70.6 Å². The number of ether oxygens (including phenoxy) is 2. The summed E-state index contributed by atoms with van der Waals surface area (Å²) in [4.78, 5) is 14.9. The fourth-order valence-corrected chi connectivity index (χ4v) is 2.84. The fourth-order valence-electron chi connectivity index (χ4n) is 2.84. The van der Waals surface area contributed by atoms with Gasteiger partial charge in [0.25, 0.3) is 5.09 Å². The number of nitrogens with zero attached hydrogens (tertiary/aromatic N) is 1. The Kier molecular flexibility index (Phi) is 4.93. The van der Waals surface area contributed by atoms with Crippen molar-refractivity contribution in [3.05, 3.63) is 10.1 Å².